The normalized spacial score (nSPS) is 26.6. The number of rotatable bonds is 8. The highest BCUT2D eigenvalue weighted by Crippen LogP contribution is 2.39. The van der Waals surface area contributed by atoms with Crippen LogP contribution in [0, 0.1) is 11.8 Å². The molecule has 31 heavy (non-hydrogen) atoms. The molecular formula is C30H41F. The van der Waals surface area contributed by atoms with Crippen molar-refractivity contribution in [2.75, 3.05) is 6.67 Å². The highest BCUT2D eigenvalue weighted by atomic mass is 19.1. The van der Waals surface area contributed by atoms with Gasteiger partial charge in [-0.3, -0.25) is 4.39 Å². The van der Waals surface area contributed by atoms with Gasteiger partial charge in [0.05, 0.1) is 6.67 Å². The first-order valence-electron chi connectivity index (χ1n) is 13.0. The molecule has 0 unspecified atom stereocenters. The minimum atomic E-state index is -0.137. The molecular weight excluding hydrogens is 379 g/mol. The molecule has 2 saturated carbocycles. The van der Waals surface area contributed by atoms with Crippen LogP contribution in [0.25, 0.3) is 11.1 Å². The molecule has 0 radical (unpaired) electrons. The predicted octanol–water partition coefficient (Wildman–Crippen LogP) is 9.45. The van der Waals surface area contributed by atoms with Crippen molar-refractivity contribution < 1.29 is 4.39 Å². The first-order valence-corrected chi connectivity index (χ1v) is 13.0. The fraction of sp³-hybridized carbons (Fsp3) is 0.600. The van der Waals surface area contributed by atoms with Gasteiger partial charge in [-0.15, -0.1) is 0 Å². The monoisotopic (exact) mass is 420 g/mol. The molecule has 0 heterocycles. The molecule has 0 atom stereocenters. The average Bonchev–Trinajstić information content (AvgIpc) is 2.85. The molecule has 0 aromatic heterocycles. The largest absolute Gasteiger partial charge is 0.251 e. The second-order valence-electron chi connectivity index (χ2n) is 10.3. The van der Waals surface area contributed by atoms with Crippen molar-refractivity contribution in [3.8, 4) is 11.1 Å². The molecule has 0 saturated heterocycles. The second-order valence-corrected chi connectivity index (χ2v) is 10.3. The van der Waals surface area contributed by atoms with Crippen LogP contribution >= 0.6 is 0 Å². The van der Waals surface area contributed by atoms with Crippen molar-refractivity contribution in [1.82, 2.24) is 0 Å². The molecule has 1 heteroatoms. The molecule has 2 aliphatic carbocycles. The molecule has 0 bridgehead atoms. The number of hydrogen-bond acceptors (Lipinski definition) is 0. The third-order valence-corrected chi connectivity index (χ3v) is 8.23. The Bertz CT molecular complexity index is 759. The van der Waals surface area contributed by atoms with Crippen molar-refractivity contribution in [2.45, 2.75) is 95.8 Å². The van der Waals surface area contributed by atoms with Crippen molar-refractivity contribution in [1.29, 1.82) is 0 Å². The summed E-state index contributed by atoms with van der Waals surface area (Å²) in [5.74, 6) is 2.67. The van der Waals surface area contributed by atoms with Crippen LogP contribution in [0.4, 0.5) is 4.39 Å². The number of halogens is 1. The molecule has 4 rings (SSSR count). The summed E-state index contributed by atoms with van der Waals surface area (Å²) in [6.45, 7) is 2.16. The van der Waals surface area contributed by atoms with Crippen molar-refractivity contribution in [3.63, 3.8) is 0 Å². The van der Waals surface area contributed by atoms with Gasteiger partial charge in [0.25, 0.3) is 0 Å². The Kier molecular flexibility index (Phi) is 8.22. The Morgan fingerprint density at radius 1 is 0.613 bits per heavy atom. The third kappa shape index (κ3) is 5.99. The number of benzene rings is 2. The van der Waals surface area contributed by atoms with Crippen LogP contribution in [-0.2, 0) is 0 Å². The lowest BCUT2D eigenvalue weighted by Gasteiger charge is -2.29. The summed E-state index contributed by atoms with van der Waals surface area (Å²) in [5, 5.41) is 0. The number of alkyl halides is 1. The molecule has 0 N–H and O–H groups in total. The van der Waals surface area contributed by atoms with E-state index in [4.69, 9.17) is 0 Å². The molecule has 0 amide bonds. The van der Waals surface area contributed by atoms with Crippen LogP contribution in [0.15, 0.2) is 48.5 Å². The van der Waals surface area contributed by atoms with Gasteiger partial charge in [0.2, 0.25) is 0 Å². The predicted molar refractivity (Wildman–Crippen MR) is 131 cm³/mol. The average molecular weight is 421 g/mol. The Hall–Kier alpha value is -1.63. The van der Waals surface area contributed by atoms with Crippen LogP contribution in [0.2, 0.25) is 0 Å². The maximum atomic E-state index is 12.9. The van der Waals surface area contributed by atoms with Crippen LogP contribution in [0.3, 0.4) is 0 Å². The summed E-state index contributed by atoms with van der Waals surface area (Å²) in [4.78, 5) is 0. The van der Waals surface area contributed by atoms with Crippen LogP contribution in [0.5, 0.6) is 0 Å². The van der Waals surface area contributed by atoms with Gasteiger partial charge in [-0.2, -0.15) is 0 Å². The van der Waals surface area contributed by atoms with Gasteiger partial charge in [0.15, 0.2) is 0 Å². The molecule has 2 aliphatic rings. The fourth-order valence-corrected chi connectivity index (χ4v) is 6.01. The van der Waals surface area contributed by atoms with E-state index in [0.29, 0.717) is 11.8 Å². The lowest BCUT2D eigenvalue weighted by atomic mass is 9.77. The Labute approximate surface area is 189 Å². The lowest BCUT2D eigenvalue weighted by molar-refractivity contribution is 0.263. The second kappa shape index (κ2) is 11.3. The third-order valence-electron chi connectivity index (χ3n) is 8.23. The van der Waals surface area contributed by atoms with Gasteiger partial charge < -0.3 is 0 Å². The van der Waals surface area contributed by atoms with Gasteiger partial charge in [-0.05, 0) is 97.3 Å². The van der Waals surface area contributed by atoms with E-state index in [-0.39, 0.29) is 6.67 Å². The smallest absolute Gasteiger partial charge is 0.0922 e. The van der Waals surface area contributed by atoms with Crippen molar-refractivity contribution >= 4 is 0 Å². The fourth-order valence-electron chi connectivity index (χ4n) is 6.01. The SMILES string of the molecule is CCCCCC1CCC(c2ccc(-c3ccc(C4CCC(CF)CC4)cc3)cc2)CC1. The number of unbranched alkanes of at least 4 members (excludes halogenated alkanes) is 2. The van der Waals surface area contributed by atoms with E-state index in [0.717, 1.165) is 37.5 Å². The zero-order chi connectivity index (χ0) is 21.5. The highest BCUT2D eigenvalue weighted by Gasteiger charge is 2.23. The van der Waals surface area contributed by atoms with Crippen molar-refractivity contribution in [3.05, 3.63) is 59.7 Å². The summed E-state index contributed by atoms with van der Waals surface area (Å²) in [6.07, 6.45) is 15.6. The Morgan fingerprint density at radius 3 is 1.48 bits per heavy atom. The quantitative estimate of drug-likeness (QED) is 0.373. The molecule has 0 aliphatic heterocycles. The summed E-state index contributed by atoms with van der Waals surface area (Å²) in [6, 6.07) is 18.6. The molecule has 2 aromatic rings. The Morgan fingerprint density at radius 2 is 1.06 bits per heavy atom. The maximum absolute atomic E-state index is 12.9. The van der Waals surface area contributed by atoms with E-state index >= 15 is 0 Å². The van der Waals surface area contributed by atoms with Gasteiger partial charge in [-0.25, -0.2) is 0 Å². The molecule has 168 valence electrons. The van der Waals surface area contributed by atoms with Gasteiger partial charge in [0, 0.05) is 0 Å². The van der Waals surface area contributed by atoms with E-state index in [1.807, 2.05) is 0 Å². The Balaban J connectivity index is 1.30. The first-order chi connectivity index (χ1) is 15.3. The minimum Gasteiger partial charge on any atom is -0.251 e. The van der Waals surface area contributed by atoms with E-state index in [1.165, 1.54) is 73.6 Å². The summed E-state index contributed by atoms with van der Waals surface area (Å²) >= 11 is 0. The first kappa shape index (κ1) is 22.6. The molecule has 0 nitrogen and oxygen atoms in total. The summed E-state index contributed by atoms with van der Waals surface area (Å²) in [7, 11) is 0. The van der Waals surface area contributed by atoms with E-state index in [2.05, 4.69) is 55.5 Å². The van der Waals surface area contributed by atoms with Gasteiger partial charge >= 0.3 is 0 Å². The van der Waals surface area contributed by atoms with Crippen LogP contribution in [0.1, 0.15) is 107 Å². The van der Waals surface area contributed by atoms with E-state index in [1.54, 1.807) is 0 Å². The minimum absolute atomic E-state index is 0.137. The summed E-state index contributed by atoms with van der Waals surface area (Å²) in [5.41, 5.74) is 5.61. The summed E-state index contributed by atoms with van der Waals surface area (Å²) < 4.78 is 12.9. The van der Waals surface area contributed by atoms with Crippen LogP contribution in [-0.4, -0.2) is 6.67 Å². The van der Waals surface area contributed by atoms with E-state index < -0.39 is 0 Å². The molecule has 0 spiro atoms. The highest BCUT2D eigenvalue weighted by molar-refractivity contribution is 5.64. The maximum Gasteiger partial charge on any atom is 0.0922 e. The van der Waals surface area contributed by atoms with Crippen molar-refractivity contribution in [2.24, 2.45) is 11.8 Å². The zero-order valence-electron chi connectivity index (χ0n) is 19.5. The zero-order valence-corrected chi connectivity index (χ0v) is 19.5. The lowest BCUT2D eigenvalue weighted by Crippen LogP contribution is -2.14. The van der Waals surface area contributed by atoms with Crippen LogP contribution < -0.4 is 0 Å². The van der Waals surface area contributed by atoms with Gasteiger partial charge in [-0.1, -0.05) is 81.1 Å². The topological polar surface area (TPSA) is 0 Å². The molecule has 2 fully saturated rings. The van der Waals surface area contributed by atoms with E-state index in [9.17, 15) is 4.39 Å². The molecule has 2 aromatic carbocycles. The standard InChI is InChI=1S/C30H41F/c1-2-3-4-5-23-6-10-25(11-7-23)27-14-18-29(19-15-27)30-20-16-28(17-21-30)26-12-8-24(22-31)9-13-26/h14-21,23-26H,2-13,22H2,1H3. The number of hydrogen-bond donors (Lipinski definition) is 0. The van der Waals surface area contributed by atoms with Gasteiger partial charge in [0.1, 0.15) is 0 Å².